The second-order valence-corrected chi connectivity index (χ2v) is 4.92. The van der Waals surface area contributed by atoms with Gasteiger partial charge in [-0.05, 0) is 36.8 Å². The summed E-state index contributed by atoms with van der Waals surface area (Å²) >= 11 is 3.40. The molecule has 0 aliphatic carbocycles. The summed E-state index contributed by atoms with van der Waals surface area (Å²) in [5.74, 6) is 0.691. The van der Waals surface area contributed by atoms with Crippen LogP contribution in [0.15, 0.2) is 47.2 Å². The Hall–Kier alpha value is -1.39. The summed E-state index contributed by atoms with van der Waals surface area (Å²) in [4.78, 5) is 3.96. The highest BCUT2D eigenvalue weighted by molar-refractivity contribution is 9.10. The van der Waals surface area contributed by atoms with E-state index in [1.807, 2.05) is 30.3 Å². The van der Waals surface area contributed by atoms with E-state index in [0.29, 0.717) is 12.4 Å². The van der Waals surface area contributed by atoms with Gasteiger partial charge in [-0.1, -0.05) is 22.0 Å². The summed E-state index contributed by atoms with van der Waals surface area (Å²) in [6, 6.07) is 9.42. The molecular weight excluding hydrogens is 294 g/mol. The van der Waals surface area contributed by atoms with Crippen LogP contribution in [0.4, 0.5) is 0 Å². The van der Waals surface area contributed by atoms with E-state index in [1.165, 1.54) is 0 Å². The number of nitrogens with zero attached hydrogens (tertiary/aromatic N) is 1. The Kier molecular flexibility index (Phi) is 4.33. The third-order valence-electron chi connectivity index (χ3n) is 2.57. The first-order chi connectivity index (χ1) is 8.66. The standard InChI is InChI=1S/C14H14BrNO2/c1-10(17)13-3-2-12(15)8-14(13)18-9-11-4-6-16-7-5-11/h2-8,10,17H,9H2,1H3/t10-/m0/s1. The van der Waals surface area contributed by atoms with Crippen molar-refractivity contribution in [2.75, 3.05) is 0 Å². The first-order valence-corrected chi connectivity index (χ1v) is 6.45. The smallest absolute Gasteiger partial charge is 0.126 e. The van der Waals surface area contributed by atoms with Gasteiger partial charge in [0.25, 0.3) is 0 Å². The Balaban J connectivity index is 2.15. The van der Waals surface area contributed by atoms with E-state index in [0.717, 1.165) is 15.6 Å². The molecule has 0 amide bonds. The summed E-state index contributed by atoms with van der Waals surface area (Å²) in [6.07, 6.45) is 2.91. The SMILES string of the molecule is C[C@H](O)c1ccc(Br)cc1OCc1ccncc1. The number of pyridine rings is 1. The number of aliphatic hydroxyl groups excluding tert-OH is 1. The summed E-state index contributed by atoms with van der Waals surface area (Å²) in [6.45, 7) is 2.18. The quantitative estimate of drug-likeness (QED) is 0.940. The van der Waals surface area contributed by atoms with Gasteiger partial charge >= 0.3 is 0 Å². The number of hydrogen-bond donors (Lipinski definition) is 1. The number of ether oxygens (including phenoxy) is 1. The van der Waals surface area contributed by atoms with E-state index in [4.69, 9.17) is 4.74 Å². The van der Waals surface area contributed by atoms with Gasteiger partial charge in [-0.15, -0.1) is 0 Å². The molecule has 0 fully saturated rings. The maximum atomic E-state index is 9.69. The van der Waals surface area contributed by atoms with Crippen LogP contribution in [0.2, 0.25) is 0 Å². The van der Waals surface area contributed by atoms with Gasteiger partial charge in [0.05, 0.1) is 6.10 Å². The van der Waals surface area contributed by atoms with Crippen molar-refractivity contribution in [1.29, 1.82) is 0 Å². The van der Waals surface area contributed by atoms with Crippen molar-refractivity contribution in [3.63, 3.8) is 0 Å². The van der Waals surface area contributed by atoms with Crippen LogP contribution in [0, 0.1) is 0 Å². The number of halogens is 1. The van der Waals surface area contributed by atoms with Crippen LogP contribution in [0.25, 0.3) is 0 Å². The van der Waals surface area contributed by atoms with Crippen LogP contribution >= 0.6 is 15.9 Å². The topological polar surface area (TPSA) is 42.4 Å². The molecule has 1 aromatic heterocycles. The van der Waals surface area contributed by atoms with Gasteiger partial charge in [0.15, 0.2) is 0 Å². The van der Waals surface area contributed by atoms with E-state index >= 15 is 0 Å². The monoisotopic (exact) mass is 307 g/mol. The molecule has 0 aliphatic heterocycles. The average molecular weight is 308 g/mol. The Labute approximate surface area is 115 Å². The minimum atomic E-state index is -0.550. The summed E-state index contributed by atoms with van der Waals surface area (Å²) in [7, 11) is 0. The molecule has 4 heteroatoms. The van der Waals surface area contributed by atoms with Crippen molar-refractivity contribution in [3.8, 4) is 5.75 Å². The second-order valence-electron chi connectivity index (χ2n) is 4.00. The van der Waals surface area contributed by atoms with Gasteiger partial charge in [0.1, 0.15) is 12.4 Å². The van der Waals surface area contributed by atoms with Crippen LogP contribution in [-0.2, 0) is 6.61 Å². The molecule has 1 atom stereocenters. The molecule has 0 radical (unpaired) electrons. The van der Waals surface area contributed by atoms with Gasteiger partial charge in [0, 0.05) is 22.4 Å². The first-order valence-electron chi connectivity index (χ1n) is 5.66. The van der Waals surface area contributed by atoms with Crippen molar-refractivity contribution in [2.45, 2.75) is 19.6 Å². The predicted molar refractivity (Wildman–Crippen MR) is 73.3 cm³/mol. The lowest BCUT2D eigenvalue weighted by Crippen LogP contribution is -2.01. The highest BCUT2D eigenvalue weighted by Gasteiger charge is 2.09. The van der Waals surface area contributed by atoms with Gasteiger partial charge in [-0.25, -0.2) is 0 Å². The molecule has 0 spiro atoms. The fraction of sp³-hybridized carbons (Fsp3) is 0.214. The zero-order valence-corrected chi connectivity index (χ0v) is 11.6. The highest BCUT2D eigenvalue weighted by Crippen LogP contribution is 2.29. The van der Waals surface area contributed by atoms with Crippen molar-refractivity contribution in [2.24, 2.45) is 0 Å². The predicted octanol–water partition coefficient (Wildman–Crippen LogP) is 3.48. The minimum absolute atomic E-state index is 0.457. The summed E-state index contributed by atoms with van der Waals surface area (Å²) < 4.78 is 6.67. The Bertz CT molecular complexity index is 514. The Morgan fingerprint density at radius 2 is 2.00 bits per heavy atom. The Morgan fingerprint density at radius 3 is 2.67 bits per heavy atom. The molecule has 2 rings (SSSR count). The second kappa shape index (κ2) is 5.98. The van der Waals surface area contributed by atoms with E-state index in [1.54, 1.807) is 19.3 Å². The number of aromatic nitrogens is 1. The average Bonchev–Trinajstić information content (AvgIpc) is 2.37. The van der Waals surface area contributed by atoms with Crippen LogP contribution in [0.3, 0.4) is 0 Å². The van der Waals surface area contributed by atoms with Gasteiger partial charge in [-0.3, -0.25) is 4.98 Å². The van der Waals surface area contributed by atoms with E-state index in [-0.39, 0.29) is 0 Å². The van der Waals surface area contributed by atoms with E-state index in [2.05, 4.69) is 20.9 Å². The lowest BCUT2D eigenvalue weighted by molar-refractivity contribution is 0.190. The molecule has 1 N–H and O–H groups in total. The summed E-state index contributed by atoms with van der Waals surface area (Å²) in [5.41, 5.74) is 1.83. The number of hydrogen-bond acceptors (Lipinski definition) is 3. The minimum Gasteiger partial charge on any atom is -0.488 e. The van der Waals surface area contributed by atoms with Crippen LogP contribution in [0.1, 0.15) is 24.2 Å². The molecule has 18 heavy (non-hydrogen) atoms. The first kappa shape index (κ1) is 13.1. The lowest BCUT2D eigenvalue weighted by Gasteiger charge is -2.13. The van der Waals surface area contributed by atoms with E-state index < -0.39 is 6.10 Å². The molecule has 0 bridgehead atoms. The number of benzene rings is 1. The molecule has 1 heterocycles. The largest absolute Gasteiger partial charge is 0.488 e. The Morgan fingerprint density at radius 1 is 1.28 bits per heavy atom. The molecule has 0 saturated heterocycles. The fourth-order valence-corrected chi connectivity index (χ4v) is 1.96. The number of aliphatic hydroxyl groups is 1. The summed E-state index contributed by atoms with van der Waals surface area (Å²) in [5, 5.41) is 9.69. The van der Waals surface area contributed by atoms with Crippen molar-refractivity contribution < 1.29 is 9.84 Å². The molecule has 0 saturated carbocycles. The maximum absolute atomic E-state index is 9.69. The number of rotatable bonds is 4. The van der Waals surface area contributed by atoms with Crippen molar-refractivity contribution in [3.05, 3.63) is 58.3 Å². The zero-order chi connectivity index (χ0) is 13.0. The highest BCUT2D eigenvalue weighted by atomic mass is 79.9. The fourth-order valence-electron chi connectivity index (χ4n) is 1.62. The zero-order valence-electron chi connectivity index (χ0n) is 10.0. The molecule has 2 aromatic rings. The van der Waals surface area contributed by atoms with Gasteiger partial charge in [-0.2, -0.15) is 0 Å². The third-order valence-corrected chi connectivity index (χ3v) is 3.06. The maximum Gasteiger partial charge on any atom is 0.126 e. The van der Waals surface area contributed by atoms with Crippen LogP contribution in [-0.4, -0.2) is 10.1 Å². The van der Waals surface area contributed by atoms with E-state index in [9.17, 15) is 5.11 Å². The molecular formula is C14H14BrNO2. The normalized spacial score (nSPS) is 12.2. The molecule has 0 unspecified atom stereocenters. The van der Waals surface area contributed by atoms with Gasteiger partial charge < -0.3 is 9.84 Å². The third kappa shape index (κ3) is 3.31. The lowest BCUT2D eigenvalue weighted by atomic mass is 10.1. The molecule has 0 aliphatic rings. The van der Waals surface area contributed by atoms with Crippen molar-refractivity contribution in [1.82, 2.24) is 4.98 Å². The van der Waals surface area contributed by atoms with Gasteiger partial charge in [0.2, 0.25) is 0 Å². The molecule has 94 valence electrons. The van der Waals surface area contributed by atoms with Crippen LogP contribution in [0.5, 0.6) is 5.75 Å². The molecule has 1 aromatic carbocycles. The van der Waals surface area contributed by atoms with Crippen LogP contribution < -0.4 is 4.74 Å². The van der Waals surface area contributed by atoms with Crippen molar-refractivity contribution >= 4 is 15.9 Å². The molecule has 3 nitrogen and oxygen atoms in total.